The van der Waals surface area contributed by atoms with Gasteiger partial charge in [-0.15, -0.1) is 0 Å². The average molecular weight is 378 g/mol. The lowest BCUT2D eigenvalue weighted by atomic mass is 10.2. The lowest BCUT2D eigenvalue weighted by Gasteiger charge is -2.26. The van der Waals surface area contributed by atoms with Gasteiger partial charge in [0.25, 0.3) is 0 Å². The molecule has 0 bridgehead atoms. The van der Waals surface area contributed by atoms with Gasteiger partial charge in [-0.25, -0.2) is 14.2 Å². The van der Waals surface area contributed by atoms with E-state index in [0.717, 1.165) is 4.90 Å². The van der Waals surface area contributed by atoms with Gasteiger partial charge in [0.15, 0.2) is 0 Å². The molecule has 0 radical (unpaired) electrons. The maximum atomic E-state index is 14.2. The van der Waals surface area contributed by atoms with Crippen LogP contribution in [0.15, 0.2) is 6.07 Å². The molecule has 2 rings (SSSR count). The van der Waals surface area contributed by atoms with Crippen LogP contribution in [0.25, 0.3) is 0 Å². The van der Waals surface area contributed by atoms with Crippen LogP contribution in [0.5, 0.6) is 0 Å². The second-order valence-electron chi connectivity index (χ2n) is 6.84. The Labute approximate surface area is 150 Å². The number of halogens is 3. The Hall–Kier alpha value is -1.67. The van der Waals surface area contributed by atoms with Gasteiger partial charge in [0, 0.05) is 26.8 Å². The minimum atomic E-state index is -1.21. The number of pyridine rings is 1. The van der Waals surface area contributed by atoms with Crippen LogP contribution in [0.2, 0.25) is 5.02 Å². The molecule has 9 heteroatoms. The number of amides is 1. The molecule has 2 heterocycles. The van der Waals surface area contributed by atoms with E-state index < -0.39 is 29.9 Å². The van der Waals surface area contributed by atoms with E-state index in [-0.39, 0.29) is 29.6 Å². The van der Waals surface area contributed by atoms with Crippen molar-refractivity contribution in [3.63, 3.8) is 0 Å². The fourth-order valence-electron chi connectivity index (χ4n) is 2.45. The highest BCUT2D eigenvalue weighted by Crippen LogP contribution is 2.33. The summed E-state index contributed by atoms with van der Waals surface area (Å²) in [5.74, 6) is -0.768. The van der Waals surface area contributed by atoms with Gasteiger partial charge in [0.05, 0.1) is 12.2 Å². The number of rotatable bonds is 3. The first-order chi connectivity index (χ1) is 11.5. The second-order valence-corrected chi connectivity index (χ2v) is 7.22. The number of nitrogens with zero attached hydrogens (tertiary/aromatic N) is 3. The molecule has 1 fully saturated rings. The summed E-state index contributed by atoms with van der Waals surface area (Å²) in [4.78, 5) is 18.6. The van der Waals surface area contributed by atoms with Crippen LogP contribution in [0.1, 0.15) is 20.8 Å². The van der Waals surface area contributed by atoms with E-state index in [9.17, 15) is 13.6 Å². The quantitative estimate of drug-likeness (QED) is 0.755. The van der Waals surface area contributed by atoms with Crippen molar-refractivity contribution in [3.05, 3.63) is 17.0 Å². The number of alkyl halides is 1. The largest absolute Gasteiger partial charge is 0.443 e. The Morgan fingerprint density at radius 1 is 1.44 bits per heavy atom. The van der Waals surface area contributed by atoms with Crippen molar-refractivity contribution in [2.24, 2.45) is 0 Å². The van der Waals surface area contributed by atoms with E-state index in [1.807, 2.05) is 0 Å². The maximum absolute atomic E-state index is 14.2. The van der Waals surface area contributed by atoms with Crippen molar-refractivity contribution in [1.82, 2.24) is 4.98 Å². The predicted octanol–water partition coefficient (Wildman–Crippen LogP) is 3.42. The molecule has 1 aromatic rings. The average Bonchev–Trinajstić information content (AvgIpc) is 2.88. The second kappa shape index (κ2) is 7.29. The van der Waals surface area contributed by atoms with Gasteiger partial charge < -0.3 is 14.4 Å². The van der Waals surface area contributed by atoms with Gasteiger partial charge in [-0.05, 0) is 20.8 Å². The molecule has 1 aliphatic rings. The number of methoxy groups -OCH3 is 1. The number of carbonyl (C=O) groups is 1. The third kappa shape index (κ3) is 4.49. The minimum Gasteiger partial charge on any atom is -0.443 e. The number of hydrogen-bond acceptors (Lipinski definition) is 5. The molecule has 1 aliphatic heterocycles. The predicted molar refractivity (Wildman–Crippen MR) is 91.7 cm³/mol. The van der Waals surface area contributed by atoms with Gasteiger partial charge in [-0.2, -0.15) is 4.39 Å². The Bertz CT molecular complexity index is 654. The molecule has 1 aromatic heterocycles. The smallest absolute Gasteiger partial charge is 0.414 e. The Morgan fingerprint density at radius 2 is 2.08 bits per heavy atom. The molecule has 2 atom stereocenters. The number of hydrogen-bond donors (Lipinski definition) is 0. The van der Waals surface area contributed by atoms with Crippen molar-refractivity contribution >= 4 is 29.2 Å². The van der Waals surface area contributed by atoms with E-state index in [1.54, 1.807) is 25.7 Å². The maximum Gasteiger partial charge on any atom is 0.414 e. The fraction of sp³-hybridized carbons (Fsp3) is 0.625. The molecule has 25 heavy (non-hydrogen) atoms. The minimum absolute atomic E-state index is 0.0160. The lowest BCUT2D eigenvalue weighted by Crippen LogP contribution is -2.34. The summed E-state index contributed by atoms with van der Waals surface area (Å²) in [6.07, 6.45) is -2.52. The van der Waals surface area contributed by atoms with E-state index in [1.165, 1.54) is 20.2 Å². The molecule has 140 valence electrons. The van der Waals surface area contributed by atoms with E-state index in [0.29, 0.717) is 0 Å². The monoisotopic (exact) mass is 377 g/mol. The first-order valence-electron chi connectivity index (χ1n) is 7.78. The zero-order valence-corrected chi connectivity index (χ0v) is 15.6. The number of carbonyl (C=O) groups excluding carboxylic acids is 1. The molecular formula is C16H22ClF2N3O3. The van der Waals surface area contributed by atoms with Crippen LogP contribution in [-0.4, -0.2) is 56.2 Å². The summed E-state index contributed by atoms with van der Waals surface area (Å²) >= 11 is 5.96. The Balaban J connectivity index is 2.30. The lowest BCUT2D eigenvalue weighted by molar-refractivity contribution is 0.0589. The number of ether oxygens (including phenoxy) is 2. The normalized spacial score (nSPS) is 20.7. The summed E-state index contributed by atoms with van der Waals surface area (Å²) in [6, 6.07) is 1.43. The van der Waals surface area contributed by atoms with Crippen LogP contribution >= 0.6 is 11.6 Å². The van der Waals surface area contributed by atoms with Gasteiger partial charge in [0.2, 0.25) is 5.95 Å². The molecule has 0 unspecified atom stereocenters. The summed E-state index contributed by atoms with van der Waals surface area (Å²) in [5, 5.41) is -0.309. The standard InChI is InChI=1S/C16H22ClF2N3O3/c1-16(2,3)25-15(23)21(4)10-6-12(20-14(19)13(10)17)22-7-9(18)11(8-22)24-5/h6,9,11H,7-8H2,1-5H3/t9-,11+/m1/s1. The topological polar surface area (TPSA) is 54.9 Å². The van der Waals surface area contributed by atoms with E-state index >= 15 is 0 Å². The van der Waals surface area contributed by atoms with Gasteiger partial charge >= 0.3 is 6.09 Å². The van der Waals surface area contributed by atoms with Crippen LogP contribution in [0, 0.1) is 5.95 Å². The van der Waals surface area contributed by atoms with E-state index in [2.05, 4.69) is 4.98 Å². The molecule has 1 saturated heterocycles. The third-order valence-electron chi connectivity index (χ3n) is 3.74. The molecule has 0 aliphatic carbocycles. The van der Waals surface area contributed by atoms with Crippen molar-refractivity contribution in [2.45, 2.75) is 38.6 Å². The fourth-order valence-corrected chi connectivity index (χ4v) is 2.68. The highest BCUT2D eigenvalue weighted by Gasteiger charge is 2.34. The first kappa shape index (κ1) is 19.7. The highest BCUT2D eigenvalue weighted by molar-refractivity contribution is 6.33. The zero-order chi connectivity index (χ0) is 18.9. The molecule has 0 aromatic carbocycles. The Morgan fingerprint density at radius 3 is 2.60 bits per heavy atom. The summed E-state index contributed by atoms with van der Waals surface area (Å²) in [6.45, 7) is 5.39. The molecule has 0 saturated carbocycles. The number of aromatic nitrogens is 1. The Kier molecular flexibility index (Phi) is 5.73. The van der Waals surface area contributed by atoms with Gasteiger partial charge in [-0.1, -0.05) is 11.6 Å². The van der Waals surface area contributed by atoms with Crippen molar-refractivity contribution in [2.75, 3.05) is 37.0 Å². The van der Waals surface area contributed by atoms with Crippen LogP contribution in [0.3, 0.4) is 0 Å². The van der Waals surface area contributed by atoms with Crippen LogP contribution < -0.4 is 9.80 Å². The third-order valence-corrected chi connectivity index (χ3v) is 4.09. The van der Waals surface area contributed by atoms with Crippen molar-refractivity contribution in [3.8, 4) is 0 Å². The first-order valence-corrected chi connectivity index (χ1v) is 8.16. The number of anilines is 2. The SMILES string of the molecule is CO[C@H]1CN(c2cc(N(C)C(=O)OC(C)(C)C)c(Cl)c(F)n2)C[C@H]1F. The molecular weight excluding hydrogens is 356 g/mol. The van der Waals surface area contributed by atoms with Crippen LogP contribution in [-0.2, 0) is 9.47 Å². The van der Waals surface area contributed by atoms with E-state index in [4.69, 9.17) is 21.1 Å². The summed E-state index contributed by atoms with van der Waals surface area (Å²) < 4.78 is 38.3. The van der Waals surface area contributed by atoms with Crippen LogP contribution in [0.4, 0.5) is 25.1 Å². The van der Waals surface area contributed by atoms with Gasteiger partial charge in [0.1, 0.15) is 28.7 Å². The zero-order valence-electron chi connectivity index (χ0n) is 14.8. The molecule has 0 N–H and O–H groups in total. The van der Waals surface area contributed by atoms with Gasteiger partial charge in [-0.3, -0.25) is 4.90 Å². The summed E-state index contributed by atoms with van der Waals surface area (Å²) in [5.41, 5.74) is -0.622. The summed E-state index contributed by atoms with van der Waals surface area (Å²) in [7, 11) is 2.83. The van der Waals surface area contributed by atoms with Crippen molar-refractivity contribution in [1.29, 1.82) is 0 Å². The highest BCUT2D eigenvalue weighted by atomic mass is 35.5. The van der Waals surface area contributed by atoms with Crippen molar-refractivity contribution < 1.29 is 23.0 Å². The molecule has 0 spiro atoms. The molecule has 6 nitrogen and oxygen atoms in total. The molecule has 1 amide bonds.